The topological polar surface area (TPSA) is 88.2 Å². The van der Waals surface area contributed by atoms with Crippen molar-refractivity contribution < 1.29 is 31.4 Å². The highest BCUT2D eigenvalue weighted by molar-refractivity contribution is 6.32. The molecule has 0 fully saturated rings. The fourth-order valence-electron chi connectivity index (χ4n) is 3.72. The number of rotatable bonds is 6. The van der Waals surface area contributed by atoms with Crippen LogP contribution in [0.4, 0.5) is 22.0 Å². The van der Waals surface area contributed by atoms with Crippen LogP contribution in [0.2, 0.25) is 10.0 Å². The smallest absolute Gasteiger partial charge is 0.418 e. The number of alkyl halides is 3. The van der Waals surface area contributed by atoms with Crippen molar-refractivity contribution in [2.24, 2.45) is 0 Å². The maximum absolute atomic E-state index is 14.1. The fraction of sp³-hybridized carbons (Fsp3) is 0.267. The second kappa shape index (κ2) is 14.1. The summed E-state index contributed by atoms with van der Waals surface area (Å²) in [5.74, 6) is 0.875. The summed E-state index contributed by atoms with van der Waals surface area (Å²) in [5.41, 5.74) is -2.41. The van der Waals surface area contributed by atoms with Crippen LogP contribution >= 0.6 is 23.2 Å². The molecule has 4 aromatic rings. The molecule has 0 aliphatic carbocycles. The average molecular weight is 671 g/mol. The van der Waals surface area contributed by atoms with E-state index in [1.807, 2.05) is 13.8 Å². The Hall–Kier alpha value is -4.41. The van der Waals surface area contributed by atoms with Crippen LogP contribution in [0.5, 0.6) is 11.5 Å². The minimum Gasteiger partial charge on any atom is -0.489 e. The van der Waals surface area contributed by atoms with E-state index in [4.69, 9.17) is 39.1 Å². The third-order valence-corrected chi connectivity index (χ3v) is 6.72. The van der Waals surface area contributed by atoms with E-state index in [1.165, 1.54) is 12.3 Å². The zero-order chi connectivity index (χ0) is 33.8. The first-order valence-electron chi connectivity index (χ1n) is 12.9. The summed E-state index contributed by atoms with van der Waals surface area (Å²) in [4.78, 5) is 24.3. The molecule has 0 amide bonds. The lowest BCUT2D eigenvalue weighted by molar-refractivity contribution is -0.138. The average Bonchev–Trinajstić information content (AvgIpc) is 2.94. The highest BCUT2D eigenvalue weighted by Crippen LogP contribution is 2.32. The number of aromatic nitrogens is 4. The molecule has 0 unspecified atom stereocenters. The molecule has 0 aliphatic rings. The first-order valence-corrected chi connectivity index (χ1v) is 13.7. The quantitative estimate of drug-likeness (QED) is 0.166. The summed E-state index contributed by atoms with van der Waals surface area (Å²) in [6.07, 6.45) is 2.15. The Labute approximate surface area is 263 Å². The van der Waals surface area contributed by atoms with Gasteiger partial charge in [-0.3, -0.25) is 9.59 Å². The first-order chi connectivity index (χ1) is 21.0. The number of nitrogens with zero attached hydrogens (tertiary/aromatic N) is 4. The van der Waals surface area contributed by atoms with Gasteiger partial charge >= 0.3 is 6.18 Å². The van der Waals surface area contributed by atoms with Crippen molar-refractivity contribution >= 4 is 23.2 Å². The maximum atomic E-state index is 14.1. The molecule has 0 radical (unpaired) electrons. The predicted octanol–water partition coefficient (Wildman–Crippen LogP) is 6.79. The predicted molar refractivity (Wildman–Crippen MR) is 159 cm³/mol. The van der Waals surface area contributed by atoms with Crippen LogP contribution in [0.1, 0.15) is 36.1 Å². The molecule has 0 spiro atoms. The zero-order valence-electron chi connectivity index (χ0n) is 24.4. The second-order valence-electron chi connectivity index (χ2n) is 9.69. The summed E-state index contributed by atoms with van der Waals surface area (Å²) < 4.78 is 78.7. The Morgan fingerprint density at radius 1 is 0.867 bits per heavy atom. The van der Waals surface area contributed by atoms with E-state index < -0.39 is 40.2 Å². The van der Waals surface area contributed by atoms with Crippen LogP contribution in [-0.4, -0.2) is 32.3 Å². The van der Waals surface area contributed by atoms with Gasteiger partial charge in [-0.25, -0.2) is 8.78 Å². The molecule has 238 valence electrons. The number of hydrogen-bond acceptors (Lipinski definition) is 6. The molecule has 2 heterocycles. The first kappa shape index (κ1) is 35.1. The molecule has 45 heavy (non-hydrogen) atoms. The Kier molecular flexibility index (Phi) is 11.0. The number of terminal acetylenes is 1. The molecule has 0 aliphatic heterocycles. The molecule has 15 heteroatoms. The summed E-state index contributed by atoms with van der Waals surface area (Å²) in [6, 6.07) is 4.40. The molecular formula is C30H25Cl2F5N4O4. The van der Waals surface area contributed by atoms with Crippen molar-refractivity contribution in [3.8, 4) is 35.2 Å². The monoisotopic (exact) mass is 670 g/mol. The SMILES string of the molecule is C#CCOc1cc(-n2ncc(C(F)(F)F)c(C)c2=O)c(F)cc1Cl.Cc1cnn(-c2cc(OC(C)C)c(Cl)cc2F)c(=O)c1C. The van der Waals surface area contributed by atoms with Crippen LogP contribution in [0.25, 0.3) is 11.4 Å². The van der Waals surface area contributed by atoms with E-state index in [-0.39, 0.29) is 39.8 Å². The highest BCUT2D eigenvalue weighted by atomic mass is 35.5. The van der Waals surface area contributed by atoms with Gasteiger partial charge in [0, 0.05) is 23.3 Å². The molecule has 0 bridgehead atoms. The lowest BCUT2D eigenvalue weighted by Crippen LogP contribution is -2.27. The molecule has 4 rings (SSSR count). The van der Waals surface area contributed by atoms with E-state index in [9.17, 15) is 31.5 Å². The summed E-state index contributed by atoms with van der Waals surface area (Å²) >= 11 is 11.7. The molecule has 2 aromatic heterocycles. The van der Waals surface area contributed by atoms with Gasteiger partial charge in [0.25, 0.3) is 11.1 Å². The normalized spacial score (nSPS) is 11.1. The van der Waals surface area contributed by atoms with Crippen molar-refractivity contribution in [1.82, 2.24) is 19.6 Å². The van der Waals surface area contributed by atoms with Gasteiger partial charge in [-0.05, 0) is 52.3 Å². The lowest BCUT2D eigenvalue weighted by atomic mass is 10.2. The van der Waals surface area contributed by atoms with Crippen LogP contribution in [-0.2, 0) is 6.18 Å². The molecule has 0 N–H and O–H groups in total. The summed E-state index contributed by atoms with van der Waals surface area (Å²) in [6.45, 7) is 7.93. The van der Waals surface area contributed by atoms with Crippen molar-refractivity contribution in [3.63, 3.8) is 0 Å². The van der Waals surface area contributed by atoms with E-state index in [0.717, 1.165) is 35.4 Å². The van der Waals surface area contributed by atoms with E-state index in [0.29, 0.717) is 22.2 Å². The molecule has 2 aromatic carbocycles. The third-order valence-electron chi connectivity index (χ3n) is 6.13. The van der Waals surface area contributed by atoms with E-state index >= 15 is 0 Å². The van der Waals surface area contributed by atoms with E-state index in [2.05, 4.69) is 16.1 Å². The van der Waals surface area contributed by atoms with Crippen molar-refractivity contribution in [2.45, 2.75) is 46.9 Å². The molecule has 0 saturated heterocycles. The lowest BCUT2D eigenvalue weighted by Gasteiger charge is -2.14. The molecule has 8 nitrogen and oxygen atoms in total. The third kappa shape index (κ3) is 8.01. The summed E-state index contributed by atoms with van der Waals surface area (Å²) in [7, 11) is 0. The number of ether oxygens (including phenoxy) is 2. The Morgan fingerprint density at radius 3 is 1.87 bits per heavy atom. The van der Waals surface area contributed by atoms with Crippen LogP contribution < -0.4 is 20.6 Å². The molecule has 0 atom stereocenters. The van der Waals surface area contributed by atoms with Crippen molar-refractivity contribution in [2.75, 3.05) is 6.61 Å². The standard InChI is InChI=1S/C15H9ClF4N2O2.C15H16ClFN2O2/c1-3-4-24-13-6-12(11(17)5-10(13)16)22-14(23)8(2)9(7-21-22)15(18,19)20;1-8(2)21-14-6-13(12(17)5-11(14)16)19-15(20)10(4)9(3)7-18-19/h1,5-7H,4H2,2H3;5-8H,1-4H3. The van der Waals surface area contributed by atoms with Crippen LogP contribution in [0, 0.1) is 44.7 Å². The van der Waals surface area contributed by atoms with Crippen LogP contribution in [0.3, 0.4) is 0 Å². The number of hydrogen-bond donors (Lipinski definition) is 0. The second-order valence-corrected chi connectivity index (χ2v) is 10.5. The number of halogens is 7. The summed E-state index contributed by atoms with van der Waals surface area (Å²) in [5, 5.41) is 7.42. The van der Waals surface area contributed by atoms with Crippen LogP contribution in [0.15, 0.2) is 46.2 Å². The molecular weight excluding hydrogens is 646 g/mol. The van der Waals surface area contributed by atoms with Gasteiger partial charge in [0.1, 0.15) is 29.5 Å². The van der Waals surface area contributed by atoms with Crippen molar-refractivity contribution in [3.05, 3.63) is 101 Å². The van der Waals surface area contributed by atoms with Gasteiger partial charge in [0.2, 0.25) is 0 Å². The van der Waals surface area contributed by atoms with E-state index in [1.54, 1.807) is 13.8 Å². The van der Waals surface area contributed by atoms with Gasteiger partial charge in [-0.2, -0.15) is 32.7 Å². The Morgan fingerprint density at radius 2 is 1.36 bits per heavy atom. The fourth-order valence-corrected chi connectivity index (χ4v) is 4.12. The zero-order valence-corrected chi connectivity index (χ0v) is 25.9. The van der Waals surface area contributed by atoms with Gasteiger partial charge in [-0.1, -0.05) is 29.1 Å². The number of aryl methyl sites for hydroxylation is 1. The minimum atomic E-state index is -4.74. The van der Waals surface area contributed by atoms with Gasteiger partial charge in [-0.15, -0.1) is 6.42 Å². The molecule has 0 saturated carbocycles. The van der Waals surface area contributed by atoms with Gasteiger partial charge in [0.05, 0.1) is 34.1 Å². The number of benzene rings is 2. The van der Waals surface area contributed by atoms with Gasteiger partial charge in [0.15, 0.2) is 11.6 Å². The largest absolute Gasteiger partial charge is 0.489 e. The Bertz CT molecular complexity index is 1900. The Balaban J connectivity index is 0.000000248. The highest BCUT2D eigenvalue weighted by Gasteiger charge is 2.34. The van der Waals surface area contributed by atoms with Gasteiger partial charge < -0.3 is 9.47 Å². The van der Waals surface area contributed by atoms with Crippen molar-refractivity contribution in [1.29, 1.82) is 0 Å². The minimum absolute atomic E-state index is 0.0168. The maximum Gasteiger partial charge on any atom is 0.418 e.